The molecule has 0 spiro atoms. The molecule has 0 saturated heterocycles. The molecule has 18 heavy (non-hydrogen) atoms. The van der Waals surface area contributed by atoms with Gasteiger partial charge in [-0.2, -0.15) is 0 Å². The first-order chi connectivity index (χ1) is 8.52. The average Bonchev–Trinajstić information content (AvgIpc) is 2.33. The van der Waals surface area contributed by atoms with Crippen LogP contribution in [0.5, 0.6) is 11.5 Å². The van der Waals surface area contributed by atoms with Gasteiger partial charge in [0.25, 0.3) is 5.56 Å². The Bertz CT molecular complexity index is 637. The van der Waals surface area contributed by atoms with E-state index in [2.05, 4.69) is 0 Å². The molecule has 1 aromatic carbocycles. The molecule has 0 amide bonds. The van der Waals surface area contributed by atoms with E-state index in [1.807, 2.05) is 0 Å². The molecule has 1 heterocycles. The van der Waals surface area contributed by atoms with Crippen LogP contribution in [0.3, 0.4) is 0 Å². The van der Waals surface area contributed by atoms with Gasteiger partial charge in [0.15, 0.2) is 5.75 Å². The van der Waals surface area contributed by atoms with Crippen molar-refractivity contribution in [3.63, 3.8) is 0 Å². The zero-order valence-electron chi connectivity index (χ0n) is 9.95. The first-order valence-corrected chi connectivity index (χ1v) is 5.23. The second kappa shape index (κ2) is 4.71. The van der Waals surface area contributed by atoms with Gasteiger partial charge in [0.1, 0.15) is 5.75 Å². The highest BCUT2D eigenvalue weighted by Gasteiger charge is 2.16. The molecule has 0 bridgehead atoms. The summed E-state index contributed by atoms with van der Waals surface area (Å²) < 4.78 is 11.3. The van der Waals surface area contributed by atoms with Crippen molar-refractivity contribution in [1.29, 1.82) is 0 Å². The maximum absolute atomic E-state index is 11.9. The van der Waals surface area contributed by atoms with Gasteiger partial charge in [-0.15, -0.1) is 0 Å². The molecule has 0 unspecified atom stereocenters. The lowest BCUT2D eigenvalue weighted by Gasteiger charge is -2.11. The van der Waals surface area contributed by atoms with Crippen molar-refractivity contribution in [3.05, 3.63) is 34.7 Å². The van der Waals surface area contributed by atoms with Gasteiger partial charge < -0.3 is 24.0 Å². The molecule has 6 nitrogen and oxygen atoms in total. The van der Waals surface area contributed by atoms with Gasteiger partial charge in [0.05, 0.1) is 12.5 Å². The largest absolute Gasteiger partial charge is 0.707 e. The van der Waals surface area contributed by atoms with E-state index in [4.69, 9.17) is 19.4 Å². The van der Waals surface area contributed by atoms with Gasteiger partial charge >= 0.3 is 7.32 Å². The van der Waals surface area contributed by atoms with Crippen LogP contribution in [0.4, 0.5) is 0 Å². The molecule has 7 heteroatoms. The predicted octanol–water partition coefficient (Wildman–Crippen LogP) is -0.105. The lowest BCUT2D eigenvalue weighted by atomic mass is 10.1. The van der Waals surface area contributed by atoms with Crippen LogP contribution in [0.2, 0.25) is 0 Å². The number of rotatable bonds is 3. The standard InChI is InChI=1S/C11H12BNO5/c1-13-4-3-7-5-9(17-2)10(18-12(15)16)6-8(7)11(13)14/h3-6,15-16H,1-2H3. The highest BCUT2D eigenvalue weighted by atomic mass is 16.6. The summed E-state index contributed by atoms with van der Waals surface area (Å²) in [7, 11) is 1.09. The Kier molecular flexibility index (Phi) is 3.27. The minimum absolute atomic E-state index is 0.100. The monoisotopic (exact) mass is 249 g/mol. The van der Waals surface area contributed by atoms with Crippen LogP contribution in [0.1, 0.15) is 0 Å². The number of pyridine rings is 1. The van der Waals surface area contributed by atoms with E-state index in [1.165, 1.54) is 17.7 Å². The van der Waals surface area contributed by atoms with Crippen LogP contribution < -0.4 is 15.0 Å². The highest BCUT2D eigenvalue weighted by Crippen LogP contribution is 2.31. The van der Waals surface area contributed by atoms with E-state index in [0.29, 0.717) is 16.5 Å². The maximum atomic E-state index is 11.9. The number of hydrogen-bond acceptors (Lipinski definition) is 5. The normalized spacial score (nSPS) is 10.4. The number of fused-ring (bicyclic) bond motifs is 1. The Balaban J connectivity index is 2.70. The maximum Gasteiger partial charge on any atom is 0.707 e. The molecule has 0 aliphatic heterocycles. The molecule has 94 valence electrons. The van der Waals surface area contributed by atoms with Crippen LogP contribution in [0, 0.1) is 0 Å². The second-order valence-electron chi connectivity index (χ2n) is 3.77. The van der Waals surface area contributed by atoms with E-state index in [9.17, 15) is 4.79 Å². The van der Waals surface area contributed by atoms with Crippen LogP contribution in [-0.4, -0.2) is 29.0 Å². The summed E-state index contributed by atoms with van der Waals surface area (Å²) in [5.41, 5.74) is -0.201. The van der Waals surface area contributed by atoms with Gasteiger partial charge in [-0.1, -0.05) is 0 Å². The van der Waals surface area contributed by atoms with E-state index in [0.717, 1.165) is 0 Å². The van der Waals surface area contributed by atoms with Gasteiger partial charge in [0, 0.05) is 13.2 Å². The summed E-state index contributed by atoms with van der Waals surface area (Å²) in [4.78, 5) is 11.9. The topological polar surface area (TPSA) is 80.9 Å². The molecule has 0 saturated carbocycles. The average molecular weight is 249 g/mol. The van der Waals surface area contributed by atoms with Gasteiger partial charge in [-0.3, -0.25) is 4.79 Å². The molecule has 0 radical (unpaired) electrons. The number of ether oxygens (including phenoxy) is 1. The first-order valence-electron chi connectivity index (χ1n) is 5.23. The van der Waals surface area contributed by atoms with E-state index < -0.39 is 7.32 Å². The van der Waals surface area contributed by atoms with Crippen molar-refractivity contribution in [2.45, 2.75) is 0 Å². The third-order valence-corrected chi connectivity index (χ3v) is 2.60. The SMILES string of the molecule is COc1cc2ccn(C)c(=O)c2cc1OB(O)O. The number of methoxy groups -OCH3 is 1. The van der Waals surface area contributed by atoms with Crippen molar-refractivity contribution in [3.8, 4) is 11.5 Å². The molecule has 2 aromatic rings. The number of aromatic nitrogens is 1. The molecule has 2 rings (SSSR count). The third-order valence-electron chi connectivity index (χ3n) is 2.60. The smallest absolute Gasteiger partial charge is 0.509 e. The van der Waals surface area contributed by atoms with Gasteiger partial charge in [-0.25, -0.2) is 0 Å². The molecule has 0 aliphatic rings. The second-order valence-corrected chi connectivity index (χ2v) is 3.77. The summed E-state index contributed by atoms with van der Waals surface area (Å²) in [5.74, 6) is 0.423. The van der Waals surface area contributed by atoms with Crippen LogP contribution >= 0.6 is 0 Å². The Morgan fingerprint density at radius 2 is 2.00 bits per heavy atom. The Morgan fingerprint density at radius 3 is 2.61 bits per heavy atom. The summed E-state index contributed by atoms with van der Waals surface area (Å²) in [6, 6.07) is 4.79. The molecular weight excluding hydrogens is 237 g/mol. The highest BCUT2D eigenvalue weighted by molar-refractivity contribution is 6.33. The van der Waals surface area contributed by atoms with Gasteiger partial charge in [-0.05, 0) is 23.6 Å². The van der Waals surface area contributed by atoms with Crippen LogP contribution in [-0.2, 0) is 7.05 Å². The zero-order valence-corrected chi connectivity index (χ0v) is 9.95. The Labute approximate surface area is 103 Å². The minimum Gasteiger partial charge on any atom is -0.509 e. The minimum atomic E-state index is -1.97. The molecule has 0 aliphatic carbocycles. The third kappa shape index (κ3) is 2.18. The fraction of sp³-hybridized carbons (Fsp3) is 0.182. The molecule has 0 fully saturated rings. The quantitative estimate of drug-likeness (QED) is 0.742. The number of aryl methyl sites for hydroxylation is 1. The van der Waals surface area contributed by atoms with E-state index in [1.54, 1.807) is 25.4 Å². The zero-order chi connectivity index (χ0) is 13.3. The summed E-state index contributed by atoms with van der Waals surface area (Å²) in [5, 5.41) is 18.7. The lowest BCUT2D eigenvalue weighted by Crippen LogP contribution is -2.21. The van der Waals surface area contributed by atoms with Crippen molar-refractivity contribution in [2.24, 2.45) is 7.05 Å². The summed E-state index contributed by atoms with van der Waals surface area (Å²) in [6.45, 7) is 0. The fourth-order valence-electron chi connectivity index (χ4n) is 1.71. The molecular formula is C11H12BNO5. The summed E-state index contributed by atoms with van der Waals surface area (Å²) in [6.07, 6.45) is 1.64. The van der Waals surface area contributed by atoms with Gasteiger partial charge in [0.2, 0.25) is 0 Å². The molecule has 0 atom stereocenters. The van der Waals surface area contributed by atoms with Crippen molar-refractivity contribution in [1.82, 2.24) is 4.57 Å². The Morgan fingerprint density at radius 1 is 1.28 bits per heavy atom. The molecule has 2 N–H and O–H groups in total. The van der Waals surface area contributed by atoms with Crippen molar-refractivity contribution in [2.75, 3.05) is 7.11 Å². The van der Waals surface area contributed by atoms with Crippen molar-refractivity contribution >= 4 is 18.1 Å². The first kappa shape index (κ1) is 12.5. The fourth-order valence-corrected chi connectivity index (χ4v) is 1.71. The van der Waals surface area contributed by atoms with E-state index in [-0.39, 0.29) is 11.3 Å². The molecule has 1 aromatic heterocycles. The van der Waals surface area contributed by atoms with Crippen LogP contribution in [0.25, 0.3) is 10.8 Å². The lowest BCUT2D eigenvalue weighted by molar-refractivity contribution is 0.280. The number of hydrogen-bond donors (Lipinski definition) is 2. The number of benzene rings is 1. The van der Waals surface area contributed by atoms with Crippen molar-refractivity contribution < 1.29 is 19.4 Å². The predicted molar refractivity (Wildman–Crippen MR) is 66.6 cm³/mol. The summed E-state index contributed by atoms with van der Waals surface area (Å²) >= 11 is 0. The number of nitrogens with zero attached hydrogens (tertiary/aromatic N) is 1. The van der Waals surface area contributed by atoms with E-state index >= 15 is 0 Å². The van der Waals surface area contributed by atoms with Crippen LogP contribution in [0.15, 0.2) is 29.2 Å². The Hall–Kier alpha value is -1.99.